The molecule has 0 fully saturated rings. The fourth-order valence-electron chi connectivity index (χ4n) is 7.95. The summed E-state index contributed by atoms with van der Waals surface area (Å²) >= 11 is 0. The van der Waals surface area contributed by atoms with Gasteiger partial charge in [0.1, 0.15) is 30.5 Å². The highest BCUT2D eigenvalue weighted by atomic mass is 16.5. The van der Waals surface area contributed by atoms with Gasteiger partial charge in [0.25, 0.3) is 0 Å². The third-order valence-electron chi connectivity index (χ3n) is 12.3. The van der Waals surface area contributed by atoms with Gasteiger partial charge in [0.05, 0.1) is 24.6 Å². The standard InChI is InChI=1S/C57H86N2O7/c1-52(2,3)39-25-36(49(60)42(28-39)55(10,11)12)33-58-45-31-47(65-23-21-63-19)48(66-24-22-64-20)32-46(45)59(34-37-26-40(53(4,5)6)29-43(50(37)61)56(13,14)15)35-38-27-41(54(7,8)9)30-44(51(38)62)57(16,17)18/h25-32,58,60-62H,21-24,33-35H2,1-20H3. The van der Waals surface area contributed by atoms with Gasteiger partial charge >= 0.3 is 0 Å². The Kier molecular flexibility index (Phi) is 16.6. The molecule has 0 spiro atoms. The quantitative estimate of drug-likeness (QED) is 0.0816. The third kappa shape index (κ3) is 13.5. The number of anilines is 2. The Labute approximate surface area is 399 Å². The van der Waals surface area contributed by atoms with Crippen molar-refractivity contribution in [2.24, 2.45) is 0 Å². The monoisotopic (exact) mass is 911 g/mol. The molecular formula is C57H86N2O7. The molecule has 0 saturated carbocycles. The van der Waals surface area contributed by atoms with Gasteiger partial charge in [-0.15, -0.1) is 0 Å². The number of rotatable bonds is 16. The molecule has 0 radical (unpaired) electrons. The molecule has 0 unspecified atom stereocenters. The van der Waals surface area contributed by atoms with Gasteiger partial charge in [0.15, 0.2) is 11.5 Å². The first-order chi connectivity index (χ1) is 30.2. The van der Waals surface area contributed by atoms with Crippen molar-refractivity contribution < 1.29 is 34.3 Å². The summed E-state index contributed by atoms with van der Waals surface area (Å²) in [7, 11) is 3.28. The van der Waals surface area contributed by atoms with E-state index < -0.39 is 0 Å². The molecule has 4 rings (SSSR count). The topological polar surface area (TPSA) is 113 Å². The SMILES string of the molecule is COCCOc1cc(NCc2cc(C(C)(C)C)cc(C(C)(C)C)c2O)c(N(Cc2cc(C(C)(C)C)cc(C(C)(C)C)c2O)Cc2cc(C(C)(C)C)cc(C(C)(C)C)c2O)cc1OCCOC. The third-order valence-corrected chi connectivity index (χ3v) is 12.3. The summed E-state index contributed by atoms with van der Waals surface area (Å²) in [4.78, 5) is 2.21. The molecule has 0 bridgehead atoms. The van der Waals surface area contributed by atoms with Crippen LogP contribution in [0.4, 0.5) is 11.4 Å². The van der Waals surface area contributed by atoms with Crippen LogP contribution in [0.1, 0.15) is 175 Å². The van der Waals surface area contributed by atoms with Gasteiger partial charge in [0, 0.05) is 62.7 Å². The molecule has 0 aliphatic carbocycles. The summed E-state index contributed by atoms with van der Waals surface area (Å²) in [6, 6.07) is 16.7. The Morgan fingerprint density at radius 1 is 0.424 bits per heavy atom. The van der Waals surface area contributed by atoms with Gasteiger partial charge in [-0.1, -0.05) is 143 Å². The molecule has 4 N–H and O–H groups in total. The summed E-state index contributed by atoms with van der Waals surface area (Å²) in [6.07, 6.45) is 0. The summed E-state index contributed by atoms with van der Waals surface area (Å²) in [5.74, 6) is 1.76. The van der Waals surface area contributed by atoms with Crippen molar-refractivity contribution >= 4 is 11.4 Å². The lowest BCUT2D eigenvalue weighted by molar-refractivity contribution is 0.132. The highest BCUT2D eigenvalue weighted by Crippen LogP contribution is 2.46. The second kappa shape index (κ2) is 20.3. The van der Waals surface area contributed by atoms with Crippen molar-refractivity contribution in [2.45, 2.75) is 177 Å². The number of methoxy groups -OCH3 is 2. The van der Waals surface area contributed by atoms with Crippen molar-refractivity contribution in [3.05, 3.63) is 98.6 Å². The Morgan fingerprint density at radius 3 is 1.09 bits per heavy atom. The molecule has 366 valence electrons. The lowest BCUT2D eigenvalue weighted by atomic mass is 9.78. The van der Waals surface area contributed by atoms with Crippen molar-refractivity contribution in [1.29, 1.82) is 0 Å². The van der Waals surface area contributed by atoms with E-state index >= 15 is 0 Å². The van der Waals surface area contributed by atoms with Crippen LogP contribution in [-0.2, 0) is 61.6 Å². The first kappa shape index (κ1) is 54.0. The Balaban J connectivity index is 2.15. The molecule has 0 aliphatic heterocycles. The predicted molar refractivity (Wildman–Crippen MR) is 275 cm³/mol. The molecule has 0 atom stereocenters. The summed E-state index contributed by atoms with van der Waals surface area (Å²) in [5.41, 5.74) is 8.11. The number of hydrogen-bond donors (Lipinski definition) is 4. The van der Waals surface area contributed by atoms with Gasteiger partial charge < -0.3 is 44.5 Å². The van der Waals surface area contributed by atoms with Gasteiger partial charge in [0.2, 0.25) is 0 Å². The molecule has 0 aliphatic rings. The minimum Gasteiger partial charge on any atom is -0.507 e. The van der Waals surface area contributed by atoms with Crippen LogP contribution in [0.15, 0.2) is 48.5 Å². The van der Waals surface area contributed by atoms with Crippen LogP contribution in [0.2, 0.25) is 0 Å². The van der Waals surface area contributed by atoms with E-state index in [1.165, 1.54) is 0 Å². The van der Waals surface area contributed by atoms with Crippen LogP contribution < -0.4 is 19.7 Å². The lowest BCUT2D eigenvalue weighted by Gasteiger charge is -2.33. The van der Waals surface area contributed by atoms with Crippen molar-refractivity contribution in [2.75, 3.05) is 50.9 Å². The van der Waals surface area contributed by atoms with Gasteiger partial charge in [-0.2, -0.15) is 0 Å². The summed E-state index contributed by atoms with van der Waals surface area (Å²) in [6.45, 7) is 41.0. The van der Waals surface area contributed by atoms with E-state index in [0.29, 0.717) is 36.9 Å². The number of nitrogens with zero attached hydrogens (tertiary/aromatic N) is 1. The molecule has 0 amide bonds. The highest BCUT2D eigenvalue weighted by molar-refractivity contribution is 5.76. The van der Waals surface area contributed by atoms with Crippen LogP contribution >= 0.6 is 0 Å². The van der Waals surface area contributed by atoms with Gasteiger partial charge in [-0.25, -0.2) is 0 Å². The maximum Gasteiger partial charge on any atom is 0.163 e. The molecule has 66 heavy (non-hydrogen) atoms. The van der Waals surface area contributed by atoms with E-state index in [9.17, 15) is 15.3 Å². The molecule has 9 heteroatoms. The molecule has 0 heterocycles. The van der Waals surface area contributed by atoms with Crippen LogP contribution in [0.25, 0.3) is 0 Å². The van der Waals surface area contributed by atoms with E-state index in [2.05, 4.69) is 171 Å². The Hall–Kier alpha value is -4.60. The highest BCUT2D eigenvalue weighted by Gasteiger charge is 2.31. The van der Waals surface area contributed by atoms with Crippen LogP contribution in [0.5, 0.6) is 28.7 Å². The van der Waals surface area contributed by atoms with E-state index in [1.807, 2.05) is 12.1 Å². The maximum atomic E-state index is 12.3. The second-order valence-corrected chi connectivity index (χ2v) is 24.3. The molecule has 0 saturated heterocycles. The zero-order chi connectivity index (χ0) is 50.0. The minimum atomic E-state index is -0.350. The second-order valence-electron chi connectivity index (χ2n) is 24.3. The van der Waals surface area contributed by atoms with E-state index in [0.717, 1.165) is 55.8 Å². The first-order valence-corrected chi connectivity index (χ1v) is 23.7. The Bertz CT molecular complexity index is 2200. The number of hydrogen-bond acceptors (Lipinski definition) is 9. The molecule has 0 aromatic heterocycles. The predicted octanol–water partition coefficient (Wildman–Crippen LogP) is 13.5. The smallest absolute Gasteiger partial charge is 0.163 e. The van der Waals surface area contributed by atoms with Crippen molar-refractivity contribution in [3.8, 4) is 28.7 Å². The molecule has 4 aromatic carbocycles. The van der Waals surface area contributed by atoms with Crippen molar-refractivity contribution in [1.82, 2.24) is 0 Å². The van der Waals surface area contributed by atoms with E-state index in [4.69, 9.17) is 18.9 Å². The average Bonchev–Trinajstić information content (AvgIpc) is 3.16. The number of benzene rings is 4. The van der Waals surface area contributed by atoms with E-state index in [-0.39, 0.29) is 76.0 Å². The fourth-order valence-corrected chi connectivity index (χ4v) is 7.95. The average molecular weight is 911 g/mol. The number of ether oxygens (including phenoxy) is 4. The Morgan fingerprint density at radius 2 is 0.758 bits per heavy atom. The molecular weight excluding hydrogens is 825 g/mol. The van der Waals surface area contributed by atoms with Crippen LogP contribution in [-0.4, -0.2) is 56.0 Å². The minimum absolute atomic E-state index is 0.168. The lowest BCUT2D eigenvalue weighted by Crippen LogP contribution is -2.26. The first-order valence-electron chi connectivity index (χ1n) is 23.7. The van der Waals surface area contributed by atoms with Gasteiger partial charge in [-0.05, 0) is 84.1 Å². The van der Waals surface area contributed by atoms with Crippen molar-refractivity contribution in [3.63, 3.8) is 0 Å². The number of nitrogens with one attached hydrogen (secondary N) is 1. The summed E-state index contributed by atoms with van der Waals surface area (Å²) < 4.78 is 23.7. The number of aromatic hydroxyl groups is 3. The van der Waals surface area contributed by atoms with Gasteiger partial charge in [-0.3, -0.25) is 0 Å². The zero-order valence-electron chi connectivity index (χ0n) is 44.5. The zero-order valence-corrected chi connectivity index (χ0v) is 44.5. The van der Waals surface area contributed by atoms with E-state index in [1.54, 1.807) is 14.2 Å². The maximum absolute atomic E-state index is 12.3. The fraction of sp³-hybridized carbons (Fsp3) is 0.579. The number of phenolic OH excluding ortho intramolecular Hbond substituents is 3. The normalized spacial score (nSPS) is 13.0. The molecule has 4 aromatic rings. The van der Waals surface area contributed by atoms with Crippen LogP contribution in [0, 0.1) is 0 Å². The largest absolute Gasteiger partial charge is 0.507 e. The number of phenols is 3. The van der Waals surface area contributed by atoms with Crippen LogP contribution in [0.3, 0.4) is 0 Å². The summed E-state index contributed by atoms with van der Waals surface area (Å²) in [5, 5.41) is 40.4. The molecule has 9 nitrogen and oxygen atoms in total.